The molecular formula is C14H18N2O4. The zero-order chi connectivity index (χ0) is 14.8. The molecule has 1 heterocycles. The lowest BCUT2D eigenvalue weighted by molar-refractivity contribution is -0.130. The fourth-order valence-corrected chi connectivity index (χ4v) is 1.95. The van der Waals surface area contributed by atoms with Gasteiger partial charge in [-0.05, 0) is 26.0 Å². The Morgan fingerprint density at radius 1 is 1.45 bits per heavy atom. The van der Waals surface area contributed by atoms with E-state index in [0.717, 1.165) is 5.56 Å². The largest absolute Gasteiger partial charge is 0.478 e. The van der Waals surface area contributed by atoms with Gasteiger partial charge in [0.1, 0.15) is 6.61 Å². The molecular weight excluding hydrogens is 260 g/mol. The van der Waals surface area contributed by atoms with Crippen LogP contribution in [0, 0.1) is 6.92 Å². The number of aryl methyl sites for hydroxylation is 1. The molecule has 0 spiro atoms. The van der Waals surface area contributed by atoms with Crippen LogP contribution in [0.25, 0.3) is 0 Å². The quantitative estimate of drug-likeness (QED) is 0.748. The first-order chi connectivity index (χ1) is 9.39. The number of hydrogen-bond donors (Lipinski definition) is 3. The van der Waals surface area contributed by atoms with Gasteiger partial charge in [-0.25, -0.2) is 4.79 Å². The number of carboxylic acid groups (broad SMARTS) is 1. The highest BCUT2D eigenvalue weighted by molar-refractivity contribution is 6.01. The molecule has 1 aromatic rings. The molecule has 0 saturated carbocycles. The molecule has 6 nitrogen and oxygen atoms in total. The van der Waals surface area contributed by atoms with Gasteiger partial charge in [0.2, 0.25) is 5.91 Å². The van der Waals surface area contributed by atoms with Gasteiger partial charge in [-0.15, -0.1) is 0 Å². The van der Waals surface area contributed by atoms with Crippen molar-refractivity contribution in [1.82, 2.24) is 5.32 Å². The van der Waals surface area contributed by atoms with Gasteiger partial charge < -0.3 is 20.5 Å². The van der Waals surface area contributed by atoms with Crippen molar-refractivity contribution < 1.29 is 19.4 Å². The standard InChI is InChI=1S/C14H18N2O4/c1-9-3-4-11(10(5-9)13(18)19)16-12(17)6-20-14(2)7-15-8-14/h3-5,15H,6-8H2,1-2H3,(H,16,17)(H,18,19). The van der Waals surface area contributed by atoms with Crippen molar-refractivity contribution in [3.8, 4) is 0 Å². The van der Waals surface area contributed by atoms with Crippen molar-refractivity contribution in [2.45, 2.75) is 19.4 Å². The van der Waals surface area contributed by atoms with E-state index in [1.54, 1.807) is 19.1 Å². The van der Waals surface area contributed by atoms with Crippen LogP contribution in [0.5, 0.6) is 0 Å². The Morgan fingerprint density at radius 3 is 2.70 bits per heavy atom. The van der Waals surface area contributed by atoms with E-state index in [4.69, 9.17) is 9.84 Å². The summed E-state index contributed by atoms with van der Waals surface area (Å²) >= 11 is 0. The predicted octanol–water partition coefficient (Wildman–Crippen LogP) is 1.01. The van der Waals surface area contributed by atoms with Crippen molar-refractivity contribution >= 4 is 17.6 Å². The summed E-state index contributed by atoms with van der Waals surface area (Å²) in [6.07, 6.45) is 0. The van der Waals surface area contributed by atoms with Crippen LogP contribution in [0.4, 0.5) is 5.69 Å². The van der Waals surface area contributed by atoms with Crippen LogP contribution in [-0.4, -0.2) is 42.3 Å². The maximum atomic E-state index is 11.8. The van der Waals surface area contributed by atoms with Crippen LogP contribution in [0.2, 0.25) is 0 Å². The van der Waals surface area contributed by atoms with Crippen LogP contribution < -0.4 is 10.6 Å². The number of benzene rings is 1. The molecule has 108 valence electrons. The molecule has 0 radical (unpaired) electrons. The number of nitrogens with one attached hydrogen (secondary N) is 2. The number of aromatic carboxylic acids is 1. The molecule has 0 atom stereocenters. The van der Waals surface area contributed by atoms with Gasteiger partial charge in [0.05, 0.1) is 16.9 Å². The van der Waals surface area contributed by atoms with Crippen LogP contribution in [0.1, 0.15) is 22.8 Å². The Balaban J connectivity index is 1.98. The molecule has 1 aliphatic heterocycles. The van der Waals surface area contributed by atoms with Crippen molar-refractivity contribution in [1.29, 1.82) is 0 Å². The fraction of sp³-hybridized carbons (Fsp3) is 0.429. The molecule has 20 heavy (non-hydrogen) atoms. The maximum Gasteiger partial charge on any atom is 0.337 e. The number of rotatable bonds is 5. The minimum Gasteiger partial charge on any atom is -0.478 e. The van der Waals surface area contributed by atoms with Crippen molar-refractivity contribution in [2.75, 3.05) is 25.0 Å². The molecule has 1 amide bonds. The summed E-state index contributed by atoms with van der Waals surface area (Å²) in [5.74, 6) is -1.43. The topological polar surface area (TPSA) is 87.7 Å². The average Bonchev–Trinajstić information content (AvgIpc) is 2.36. The van der Waals surface area contributed by atoms with Gasteiger partial charge in [-0.1, -0.05) is 11.6 Å². The van der Waals surface area contributed by atoms with Gasteiger partial charge in [-0.3, -0.25) is 4.79 Å². The Bertz CT molecular complexity index is 538. The van der Waals surface area contributed by atoms with E-state index in [2.05, 4.69) is 10.6 Å². The minimum atomic E-state index is -1.07. The molecule has 0 aromatic heterocycles. The summed E-state index contributed by atoms with van der Waals surface area (Å²) < 4.78 is 5.50. The van der Waals surface area contributed by atoms with Crippen molar-refractivity contribution in [3.63, 3.8) is 0 Å². The first-order valence-electron chi connectivity index (χ1n) is 6.38. The van der Waals surface area contributed by atoms with Gasteiger partial charge in [0, 0.05) is 13.1 Å². The number of anilines is 1. The molecule has 0 unspecified atom stereocenters. The summed E-state index contributed by atoms with van der Waals surface area (Å²) in [7, 11) is 0. The van der Waals surface area contributed by atoms with Crippen molar-refractivity contribution in [2.24, 2.45) is 0 Å². The third-order valence-corrected chi connectivity index (χ3v) is 3.23. The monoisotopic (exact) mass is 278 g/mol. The second-order valence-electron chi connectivity index (χ2n) is 5.24. The number of carboxylic acids is 1. The molecule has 6 heteroatoms. The highest BCUT2D eigenvalue weighted by Crippen LogP contribution is 2.18. The van der Waals surface area contributed by atoms with Gasteiger partial charge in [0.15, 0.2) is 0 Å². The number of amides is 1. The third-order valence-electron chi connectivity index (χ3n) is 3.23. The van der Waals surface area contributed by atoms with E-state index in [-0.39, 0.29) is 29.4 Å². The predicted molar refractivity (Wildman–Crippen MR) is 74.0 cm³/mol. The second-order valence-corrected chi connectivity index (χ2v) is 5.24. The van der Waals surface area contributed by atoms with Crippen LogP contribution in [0.3, 0.4) is 0 Å². The summed E-state index contributed by atoms with van der Waals surface area (Å²) in [5.41, 5.74) is 0.883. The lowest BCUT2D eigenvalue weighted by Crippen LogP contribution is -2.59. The van der Waals surface area contributed by atoms with Crippen molar-refractivity contribution in [3.05, 3.63) is 29.3 Å². The third kappa shape index (κ3) is 3.34. The fourth-order valence-electron chi connectivity index (χ4n) is 1.95. The number of hydrogen-bond acceptors (Lipinski definition) is 4. The molecule has 0 bridgehead atoms. The molecule has 1 aromatic carbocycles. The van der Waals surface area contributed by atoms with E-state index >= 15 is 0 Å². The normalized spacial score (nSPS) is 16.3. The molecule has 1 saturated heterocycles. The Hall–Kier alpha value is -1.92. The Kier molecular flexibility index (Phi) is 4.06. The Morgan fingerprint density at radius 2 is 2.15 bits per heavy atom. The highest BCUT2D eigenvalue weighted by Gasteiger charge is 2.33. The molecule has 0 aliphatic carbocycles. The lowest BCUT2D eigenvalue weighted by Gasteiger charge is -2.38. The average molecular weight is 278 g/mol. The SMILES string of the molecule is Cc1ccc(NC(=O)COC2(C)CNC2)c(C(=O)O)c1. The first kappa shape index (κ1) is 14.5. The smallest absolute Gasteiger partial charge is 0.337 e. The molecule has 2 rings (SSSR count). The molecule has 1 aliphatic rings. The summed E-state index contributed by atoms with van der Waals surface area (Å²) in [6.45, 7) is 5.05. The minimum absolute atomic E-state index is 0.0786. The molecule has 1 fully saturated rings. The van der Waals surface area contributed by atoms with Gasteiger partial charge >= 0.3 is 5.97 Å². The zero-order valence-electron chi connectivity index (χ0n) is 11.5. The van der Waals surface area contributed by atoms with E-state index < -0.39 is 5.97 Å². The van der Waals surface area contributed by atoms with Crippen LogP contribution >= 0.6 is 0 Å². The number of ether oxygens (including phenoxy) is 1. The van der Waals surface area contributed by atoms with E-state index in [0.29, 0.717) is 13.1 Å². The van der Waals surface area contributed by atoms with E-state index in [1.807, 2.05) is 6.92 Å². The van der Waals surface area contributed by atoms with Gasteiger partial charge in [0.25, 0.3) is 0 Å². The zero-order valence-corrected chi connectivity index (χ0v) is 11.5. The van der Waals surface area contributed by atoms with E-state index in [9.17, 15) is 9.59 Å². The highest BCUT2D eigenvalue weighted by atomic mass is 16.5. The molecule has 3 N–H and O–H groups in total. The van der Waals surface area contributed by atoms with Crippen LogP contribution in [0.15, 0.2) is 18.2 Å². The first-order valence-corrected chi connectivity index (χ1v) is 6.38. The Labute approximate surface area is 117 Å². The summed E-state index contributed by atoms with van der Waals surface area (Å²) in [4.78, 5) is 22.9. The lowest BCUT2D eigenvalue weighted by atomic mass is 10.0. The summed E-state index contributed by atoms with van der Waals surface area (Å²) in [6, 6.07) is 4.86. The number of carbonyl (C=O) groups excluding carboxylic acids is 1. The number of carbonyl (C=O) groups is 2. The second kappa shape index (κ2) is 5.60. The van der Waals surface area contributed by atoms with Gasteiger partial charge in [-0.2, -0.15) is 0 Å². The van der Waals surface area contributed by atoms with E-state index in [1.165, 1.54) is 6.07 Å². The maximum absolute atomic E-state index is 11.8. The summed E-state index contributed by atoms with van der Waals surface area (Å²) in [5, 5.41) is 14.8. The van der Waals surface area contributed by atoms with Crippen LogP contribution in [-0.2, 0) is 9.53 Å².